The number of nitro groups is 1. The zero-order valence-corrected chi connectivity index (χ0v) is 11.5. The largest absolute Gasteiger partial charge is 0.359 e. The summed E-state index contributed by atoms with van der Waals surface area (Å²) in [6.07, 6.45) is 0. The van der Waals surface area contributed by atoms with Crippen molar-refractivity contribution in [3.8, 4) is 0 Å². The van der Waals surface area contributed by atoms with Crippen molar-refractivity contribution in [2.45, 2.75) is 20.4 Å². The van der Waals surface area contributed by atoms with E-state index in [1.165, 1.54) is 0 Å². The summed E-state index contributed by atoms with van der Waals surface area (Å²) in [5, 5.41) is 18.1. The van der Waals surface area contributed by atoms with E-state index in [0.717, 1.165) is 16.9 Å². The fourth-order valence-electron chi connectivity index (χ4n) is 1.49. The Labute approximate surface area is 110 Å². The first kappa shape index (κ1) is 14.6. The lowest BCUT2D eigenvalue weighted by molar-refractivity contribution is -0.380. The van der Waals surface area contributed by atoms with Gasteiger partial charge in [0.25, 0.3) is 0 Å². The molecule has 7 heteroatoms. The summed E-state index contributed by atoms with van der Waals surface area (Å²) in [7, 11) is 1.60. The van der Waals surface area contributed by atoms with Crippen LogP contribution in [0.1, 0.15) is 19.4 Å². The molecule has 100 valence electrons. The van der Waals surface area contributed by atoms with Crippen molar-refractivity contribution in [1.29, 1.82) is 0 Å². The highest BCUT2D eigenvalue weighted by atomic mass is 32.1. The molecule has 0 atom stereocenters. The Morgan fingerprint density at radius 1 is 1.56 bits per heavy atom. The van der Waals surface area contributed by atoms with Gasteiger partial charge in [-0.3, -0.25) is 14.9 Å². The lowest BCUT2D eigenvalue weighted by atomic mass is 9.92. The number of nitrogens with one attached hydrogen (secondary N) is 2. The minimum Gasteiger partial charge on any atom is -0.359 e. The Morgan fingerprint density at radius 2 is 2.22 bits per heavy atom. The number of hydrogen-bond donors (Lipinski definition) is 2. The van der Waals surface area contributed by atoms with E-state index in [9.17, 15) is 14.9 Å². The van der Waals surface area contributed by atoms with Crippen LogP contribution in [0.2, 0.25) is 0 Å². The number of amides is 1. The van der Waals surface area contributed by atoms with Gasteiger partial charge in [0.15, 0.2) is 0 Å². The molecular formula is C11H17N3O3S. The molecule has 1 heterocycles. The molecule has 1 amide bonds. The monoisotopic (exact) mass is 271 g/mol. The standard InChI is InChI=1S/C11H17N3O3S/c1-11(2,10(15)12-3)7-13-5-8-4-9(14(16)17)18-6-8/h4,6,13H,5,7H2,1-3H3,(H,12,15). The number of carbonyl (C=O) groups excluding carboxylic acids is 1. The summed E-state index contributed by atoms with van der Waals surface area (Å²) in [6.45, 7) is 4.71. The lowest BCUT2D eigenvalue weighted by Gasteiger charge is -2.22. The molecule has 0 aromatic carbocycles. The van der Waals surface area contributed by atoms with E-state index in [0.29, 0.717) is 13.1 Å². The molecule has 1 aromatic rings. The van der Waals surface area contributed by atoms with Gasteiger partial charge in [0.1, 0.15) is 0 Å². The van der Waals surface area contributed by atoms with Crippen molar-refractivity contribution >= 4 is 22.2 Å². The van der Waals surface area contributed by atoms with Crippen LogP contribution in [0, 0.1) is 15.5 Å². The summed E-state index contributed by atoms with van der Waals surface area (Å²) in [5.41, 5.74) is 0.357. The number of rotatable bonds is 6. The quantitative estimate of drug-likeness (QED) is 0.607. The molecule has 1 rings (SSSR count). The zero-order valence-electron chi connectivity index (χ0n) is 10.6. The zero-order chi connectivity index (χ0) is 13.8. The van der Waals surface area contributed by atoms with Crippen molar-refractivity contribution in [1.82, 2.24) is 10.6 Å². The van der Waals surface area contributed by atoms with Gasteiger partial charge in [-0.05, 0) is 19.4 Å². The van der Waals surface area contributed by atoms with Crippen molar-refractivity contribution in [2.75, 3.05) is 13.6 Å². The minimum atomic E-state index is -0.503. The van der Waals surface area contributed by atoms with E-state index < -0.39 is 10.3 Å². The van der Waals surface area contributed by atoms with E-state index in [2.05, 4.69) is 10.6 Å². The third-order valence-corrected chi connectivity index (χ3v) is 3.49. The first-order chi connectivity index (χ1) is 8.36. The SMILES string of the molecule is CNC(=O)C(C)(C)CNCc1csc([N+](=O)[O-])c1. The molecule has 6 nitrogen and oxygen atoms in total. The first-order valence-electron chi connectivity index (χ1n) is 5.51. The van der Waals surface area contributed by atoms with Crippen LogP contribution in [0.25, 0.3) is 0 Å². The van der Waals surface area contributed by atoms with Crippen LogP contribution in [0.3, 0.4) is 0 Å². The highest BCUT2D eigenvalue weighted by molar-refractivity contribution is 7.13. The number of hydrogen-bond acceptors (Lipinski definition) is 5. The summed E-state index contributed by atoms with van der Waals surface area (Å²) < 4.78 is 0. The van der Waals surface area contributed by atoms with E-state index in [-0.39, 0.29) is 10.9 Å². The van der Waals surface area contributed by atoms with Crippen molar-refractivity contribution in [3.05, 3.63) is 27.1 Å². The van der Waals surface area contributed by atoms with Gasteiger partial charge in [-0.2, -0.15) is 0 Å². The van der Waals surface area contributed by atoms with Crippen LogP contribution in [0.15, 0.2) is 11.4 Å². The smallest absolute Gasteiger partial charge is 0.324 e. The molecule has 1 aromatic heterocycles. The van der Waals surface area contributed by atoms with Crippen LogP contribution in [-0.2, 0) is 11.3 Å². The summed E-state index contributed by atoms with van der Waals surface area (Å²) in [6, 6.07) is 1.55. The van der Waals surface area contributed by atoms with Crippen LogP contribution in [0.4, 0.5) is 5.00 Å². The van der Waals surface area contributed by atoms with Gasteiger partial charge < -0.3 is 10.6 Å². The van der Waals surface area contributed by atoms with Gasteiger partial charge in [-0.25, -0.2) is 0 Å². The second-order valence-corrected chi connectivity index (χ2v) is 5.51. The molecule has 0 fully saturated rings. The molecule has 0 saturated carbocycles. The van der Waals surface area contributed by atoms with Gasteiger partial charge in [-0.1, -0.05) is 11.3 Å². The lowest BCUT2D eigenvalue weighted by Crippen LogP contribution is -2.41. The molecule has 0 aliphatic carbocycles. The van der Waals surface area contributed by atoms with Gasteiger partial charge in [0.05, 0.1) is 10.3 Å². The number of thiophene rings is 1. The van der Waals surface area contributed by atoms with E-state index >= 15 is 0 Å². The molecule has 0 aliphatic heterocycles. The van der Waals surface area contributed by atoms with Crippen LogP contribution in [0.5, 0.6) is 0 Å². The van der Waals surface area contributed by atoms with Gasteiger partial charge in [0.2, 0.25) is 5.91 Å². The fraction of sp³-hybridized carbons (Fsp3) is 0.545. The molecule has 0 aliphatic rings. The van der Waals surface area contributed by atoms with Crippen LogP contribution < -0.4 is 10.6 Å². The first-order valence-corrected chi connectivity index (χ1v) is 6.39. The molecule has 18 heavy (non-hydrogen) atoms. The number of nitrogens with zero attached hydrogens (tertiary/aromatic N) is 1. The average molecular weight is 271 g/mol. The van der Waals surface area contributed by atoms with Crippen LogP contribution >= 0.6 is 11.3 Å². The predicted octanol–water partition coefficient (Wildman–Crippen LogP) is 1.52. The minimum absolute atomic E-state index is 0.0358. The second-order valence-electron chi connectivity index (χ2n) is 4.62. The topological polar surface area (TPSA) is 84.3 Å². The molecule has 2 N–H and O–H groups in total. The highest BCUT2D eigenvalue weighted by Gasteiger charge is 2.25. The molecule has 0 unspecified atom stereocenters. The third-order valence-electron chi connectivity index (χ3n) is 2.56. The number of carbonyl (C=O) groups is 1. The Balaban J connectivity index is 2.46. The fourth-order valence-corrected chi connectivity index (χ4v) is 2.22. The van der Waals surface area contributed by atoms with Gasteiger partial charge in [-0.15, -0.1) is 0 Å². The van der Waals surface area contributed by atoms with Gasteiger partial charge in [0, 0.05) is 31.6 Å². The maximum absolute atomic E-state index is 11.5. The third kappa shape index (κ3) is 3.78. The summed E-state index contributed by atoms with van der Waals surface area (Å²) >= 11 is 1.11. The summed E-state index contributed by atoms with van der Waals surface area (Å²) in [5.74, 6) is -0.0358. The Hall–Kier alpha value is -1.47. The van der Waals surface area contributed by atoms with E-state index in [1.807, 2.05) is 13.8 Å². The Bertz CT molecular complexity index is 442. The maximum atomic E-state index is 11.5. The second kappa shape index (κ2) is 5.92. The molecule has 0 saturated heterocycles. The molecule has 0 bridgehead atoms. The van der Waals surface area contributed by atoms with Crippen molar-refractivity contribution in [2.24, 2.45) is 5.41 Å². The molecular weight excluding hydrogens is 254 g/mol. The highest BCUT2D eigenvalue weighted by Crippen LogP contribution is 2.22. The van der Waals surface area contributed by atoms with Crippen molar-refractivity contribution < 1.29 is 9.72 Å². The average Bonchev–Trinajstić information content (AvgIpc) is 2.76. The maximum Gasteiger partial charge on any atom is 0.324 e. The Morgan fingerprint density at radius 3 is 2.72 bits per heavy atom. The summed E-state index contributed by atoms with van der Waals surface area (Å²) in [4.78, 5) is 21.6. The van der Waals surface area contributed by atoms with Gasteiger partial charge >= 0.3 is 5.00 Å². The Kier molecular flexibility index (Phi) is 4.80. The molecule has 0 radical (unpaired) electrons. The molecule has 0 spiro atoms. The van der Waals surface area contributed by atoms with Crippen LogP contribution in [-0.4, -0.2) is 24.4 Å². The van der Waals surface area contributed by atoms with E-state index in [1.54, 1.807) is 18.5 Å². The van der Waals surface area contributed by atoms with E-state index in [4.69, 9.17) is 0 Å². The normalized spacial score (nSPS) is 11.3. The predicted molar refractivity (Wildman–Crippen MR) is 70.5 cm³/mol. The van der Waals surface area contributed by atoms with Crippen molar-refractivity contribution in [3.63, 3.8) is 0 Å².